The largest absolute Gasteiger partial charge is 0.465 e. The fraction of sp³-hybridized carbons (Fsp3) is 0.280. The molecule has 0 spiro atoms. The van der Waals surface area contributed by atoms with Crippen molar-refractivity contribution in [3.63, 3.8) is 0 Å². The van der Waals surface area contributed by atoms with Crippen LogP contribution in [0.4, 0.5) is 14.9 Å². The summed E-state index contributed by atoms with van der Waals surface area (Å²) in [6, 6.07) is 9.15. The van der Waals surface area contributed by atoms with Crippen molar-refractivity contribution in [3.05, 3.63) is 64.6 Å². The van der Waals surface area contributed by atoms with Gasteiger partial charge in [-0.3, -0.25) is 19.7 Å². The Balaban J connectivity index is 1.50. The summed E-state index contributed by atoms with van der Waals surface area (Å²) in [4.78, 5) is 50.5. The first-order valence-corrected chi connectivity index (χ1v) is 11.6. The number of rotatable bonds is 9. The Hall–Kier alpha value is -3.92. The van der Waals surface area contributed by atoms with Crippen LogP contribution >= 0.6 is 11.6 Å². The molecular weight excluding hydrogens is 491 g/mol. The van der Waals surface area contributed by atoms with Crippen molar-refractivity contribution < 1.29 is 28.7 Å². The third kappa shape index (κ3) is 5.65. The zero-order valence-electron chi connectivity index (χ0n) is 19.4. The van der Waals surface area contributed by atoms with E-state index in [1.807, 2.05) is 0 Å². The number of nitrogens with zero attached hydrogens (tertiary/aromatic N) is 2. The van der Waals surface area contributed by atoms with Gasteiger partial charge in [-0.25, -0.2) is 9.18 Å². The van der Waals surface area contributed by atoms with Gasteiger partial charge >= 0.3 is 6.09 Å². The average Bonchev–Trinajstić information content (AvgIpc) is 3.60. The van der Waals surface area contributed by atoms with Crippen molar-refractivity contribution >= 4 is 51.9 Å². The van der Waals surface area contributed by atoms with Gasteiger partial charge in [-0.2, -0.15) is 0 Å². The van der Waals surface area contributed by atoms with Crippen molar-refractivity contribution in [2.24, 2.45) is 0 Å². The van der Waals surface area contributed by atoms with E-state index in [0.29, 0.717) is 22.2 Å². The highest BCUT2D eigenvalue weighted by molar-refractivity contribution is 6.30. The van der Waals surface area contributed by atoms with Crippen LogP contribution in [0.25, 0.3) is 10.9 Å². The van der Waals surface area contributed by atoms with E-state index in [-0.39, 0.29) is 48.0 Å². The number of anilines is 1. The summed E-state index contributed by atoms with van der Waals surface area (Å²) in [7, 11) is 0. The lowest BCUT2D eigenvalue weighted by Crippen LogP contribution is -2.43. The number of aromatic nitrogens is 1. The minimum Gasteiger partial charge on any atom is -0.465 e. The Morgan fingerprint density at radius 3 is 2.61 bits per heavy atom. The van der Waals surface area contributed by atoms with E-state index in [9.17, 15) is 23.6 Å². The molecule has 0 saturated heterocycles. The fourth-order valence-electron chi connectivity index (χ4n) is 4.04. The van der Waals surface area contributed by atoms with Crippen LogP contribution in [0.3, 0.4) is 0 Å². The third-order valence-corrected chi connectivity index (χ3v) is 6.24. The van der Waals surface area contributed by atoms with E-state index in [1.54, 1.807) is 35.0 Å². The van der Waals surface area contributed by atoms with Crippen LogP contribution in [0, 0.1) is 5.82 Å². The predicted molar refractivity (Wildman–Crippen MR) is 132 cm³/mol. The Bertz CT molecular complexity index is 1370. The number of amides is 3. The molecule has 11 heteroatoms. The average molecular weight is 515 g/mol. The van der Waals surface area contributed by atoms with Gasteiger partial charge in [0.2, 0.25) is 11.8 Å². The highest BCUT2D eigenvalue weighted by atomic mass is 35.5. The van der Waals surface area contributed by atoms with E-state index in [0.717, 1.165) is 12.8 Å². The topological polar surface area (TPSA) is 121 Å². The van der Waals surface area contributed by atoms with E-state index < -0.39 is 17.8 Å². The number of Topliss-reactive ketones (excluding diaryl/α,β-unsaturated/α-hetero) is 1. The van der Waals surface area contributed by atoms with Crippen LogP contribution in [-0.4, -0.2) is 50.9 Å². The zero-order valence-corrected chi connectivity index (χ0v) is 20.1. The molecule has 0 aliphatic heterocycles. The Labute approximate surface area is 210 Å². The first-order valence-electron chi connectivity index (χ1n) is 11.3. The van der Waals surface area contributed by atoms with Crippen molar-refractivity contribution in [1.82, 2.24) is 14.8 Å². The molecule has 1 heterocycles. The normalized spacial score (nSPS) is 12.9. The molecule has 3 N–H and O–H groups in total. The van der Waals surface area contributed by atoms with Crippen molar-refractivity contribution in [2.75, 3.05) is 11.9 Å². The number of carboxylic acid groups (broad SMARTS) is 1. The molecule has 4 rings (SSSR count). The molecule has 36 heavy (non-hydrogen) atoms. The standard InChI is InChI=1S/C25H24ClFN4O5/c1-14(32)19-11-30(21-9-16(29-25(35)36)5-8-18(19)21)13-23(34)31(17-6-7-17)12-22(33)28-10-15-3-2-4-20(26)24(15)27/h2-5,8-9,11,17,29H,6-7,10,12-13H2,1H3,(H,28,33)(H,35,36). The van der Waals surface area contributed by atoms with Crippen LogP contribution < -0.4 is 10.6 Å². The lowest BCUT2D eigenvalue weighted by atomic mass is 10.1. The molecule has 1 aromatic heterocycles. The van der Waals surface area contributed by atoms with Crippen LogP contribution in [0.15, 0.2) is 42.6 Å². The number of hydrogen-bond acceptors (Lipinski definition) is 4. The van der Waals surface area contributed by atoms with Crippen molar-refractivity contribution in [2.45, 2.75) is 38.9 Å². The number of benzene rings is 2. The summed E-state index contributed by atoms with van der Waals surface area (Å²) in [5, 5.41) is 14.5. The Kier molecular flexibility index (Phi) is 7.25. The number of hydrogen-bond donors (Lipinski definition) is 3. The number of carbonyl (C=O) groups excluding carboxylic acids is 3. The van der Waals surface area contributed by atoms with Gasteiger partial charge < -0.3 is 19.9 Å². The smallest absolute Gasteiger partial charge is 0.409 e. The maximum Gasteiger partial charge on any atom is 0.409 e. The van der Waals surface area contributed by atoms with Gasteiger partial charge in [0, 0.05) is 41.0 Å². The highest BCUT2D eigenvalue weighted by Gasteiger charge is 2.34. The minimum atomic E-state index is -1.24. The fourth-order valence-corrected chi connectivity index (χ4v) is 4.23. The summed E-state index contributed by atoms with van der Waals surface area (Å²) in [6.45, 7) is 0.999. The molecule has 1 aliphatic rings. The summed E-state index contributed by atoms with van der Waals surface area (Å²) >= 11 is 5.78. The molecule has 1 saturated carbocycles. The van der Waals surface area contributed by atoms with E-state index >= 15 is 0 Å². The molecule has 0 atom stereocenters. The summed E-state index contributed by atoms with van der Waals surface area (Å²) in [6.07, 6.45) is 1.85. The second-order valence-corrected chi connectivity index (χ2v) is 9.04. The minimum absolute atomic E-state index is 0.0397. The van der Waals surface area contributed by atoms with Crippen LogP contribution in [0.1, 0.15) is 35.7 Å². The number of nitrogens with one attached hydrogen (secondary N) is 2. The number of carbonyl (C=O) groups is 4. The van der Waals surface area contributed by atoms with E-state index in [2.05, 4.69) is 10.6 Å². The van der Waals surface area contributed by atoms with Crippen LogP contribution in [0.2, 0.25) is 5.02 Å². The third-order valence-electron chi connectivity index (χ3n) is 5.95. The van der Waals surface area contributed by atoms with Gasteiger partial charge in [0.25, 0.3) is 0 Å². The van der Waals surface area contributed by atoms with Crippen molar-refractivity contribution in [1.29, 1.82) is 0 Å². The molecule has 0 unspecified atom stereocenters. The lowest BCUT2D eigenvalue weighted by molar-refractivity contribution is -0.137. The molecule has 9 nitrogen and oxygen atoms in total. The monoisotopic (exact) mass is 514 g/mol. The van der Waals surface area contributed by atoms with E-state index in [4.69, 9.17) is 16.7 Å². The van der Waals surface area contributed by atoms with Crippen LogP contribution in [0.5, 0.6) is 0 Å². The molecule has 1 aliphatic carbocycles. The number of fused-ring (bicyclic) bond motifs is 1. The number of ketones is 1. The summed E-state index contributed by atoms with van der Waals surface area (Å²) in [5.41, 5.74) is 1.44. The molecule has 188 valence electrons. The molecular formula is C25H24ClFN4O5. The molecule has 3 aromatic rings. The maximum atomic E-state index is 14.1. The van der Waals surface area contributed by atoms with Gasteiger partial charge in [-0.15, -0.1) is 0 Å². The zero-order chi connectivity index (χ0) is 26.0. The SMILES string of the molecule is CC(=O)c1cn(CC(=O)N(CC(=O)NCc2cccc(Cl)c2F)C2CC2)c2cc(NC(=O)O)ccc12. The van der Waals surface area contributed by atoms with Gasteiger partial charge in [-0.1, -0.05) is 29.8 Å². The van der Waals surface area contributed by atoms with Crippen LogP contribution in [-0.2, 0) is 22.7 Å². The number of halogens is 2. The second-order valence-electron chi connectivity index (χ2n) is 8.63. The maximum absolute atomic E-state index is 14.1. The lowest BCUT2D eigenvalue weighted by Gasteiger charge is -2.22. The quantitative estimate of drug-likeness (QED) is 0.372. The predicted octanol–water partition coefficient (Wildman–Crippen LogP) is 4.03. The summed E-state index contributed by atoms with van der Waals surface area (Å²) < 4.78 is 15.7. The Morgan fingerprint density at radius 2 is 1.94 bits per heavy atom. The van der Waals surface area contributed by atoms with Gasteiger partial charge in [0.15, 0.2) is 5.78 Å². The van der Waals surface area contributed by atoms with Gasteiger partial charge in [0.05, 0.1) is 17.1 Å². The summed E-state index contributed by atoms with van der Waals surface area (Å²) in [5.74, 6) is -1.57. The first kappa shape index (κ1) is 25.2. The second kappa shape index (κ2) is 10.4. The highest BCUT2D eigenvalue weighted by Crippen LogP contribution is 2.29. The Morgan fingerprint density at radius 1 is 1.19 bits per heavy atom. The molecule has 0 bridgehead atoms. The molecule has 3 amide bonds. The molecule has 2 aromatic carbocycles. The molecule has 1 fully saturated rings. The molecule has 0 radical (unpaired) electrons. The van der Waals surface area contributed by atoms with Crippen molar-refractivity contribution in [3.8, 4) is 0 Å². The van der Waals surface area contributed by atoms with E-state index in [1.165, 1.54) is 24.0 Å². The van der Waals surface area contributed by atoms with Gasteiger partial charge in [0.1, 0.15) is 12.4 Å². The van der Waals surface area contributed by atoms with Gasteiger partial charge in [-0.05, 0) is 38.0 Å². The first-order chi connectivity index (χ1) is 17.1.